The van der Waals surface area contributed by atoms with E-state index in [1.54, 1.807) is 0 Å². The van der Waals surface area contributed by atoms with Crippen molar-refractivity contribution in [1.29, 1.82) is 0 Å². The lowest BCUT2D eigenvalue weighted by Gasteiger charge is -2.38. The summed E-state index contributed by atoms with van der Waals surface area (Å²) >= 11 is 5.63. The molecule has 5 rings (SSSR count). The van der Waals surface area contributed by atoms with Crippen molar-refractivity contribution in [2.24, 2.45) is 0 Å². The number of fused-ring (bicyclic) bond motifs is 1. The van der Waals surface area contributed by atoms with E-state index in [1.165, 1.54) is 48.8 Å². The molecule has 0 saturated heterocycles. The van der Waals surface area contributed by atoms with Crippen molar-refractivity contribution in [2.75, 3.05) is 16.8 Å². The molecule has 32 heavy (non-hydrogen) atoms. The van der Waals surface area contributed by atoms with Crippen LogP contribution in [0.1, 0.15) is 48.8 Å². The third kappa shape index (κ3) is 4.49. The number of rotatable bonds is 5. The van der Waals surface area contributed by atoms with Gasteiger partial charge in [-0.1, -0.05) is 73.9 Å². The van der Waals surface area contributed by atoms with Crippen molar-refractivity contribution >= 4 is 28.8 Å². The smallest absolute Gasteiger partial charge is 0.170 e. The van der Waals surface area contributed by atoms with Gasteiger partial charge in [0.25, 0.3) is 0 Å². The van der Waals surface area contributed by atoms with Gasteiger partial charge < -0.3 is 15.5 Å². The maximum atomic E-state index is 5.63. The van der Waals surface area contributed by atoms with Crippen LogP contribution in [-0.2, 0) is 18.5 Å². The normalized spacial score (nSPS) is 16.9. The summed E-state index contributed by atoms with van der Waals surface area (Å²) in [6.07, 6.45) is 8.19. The first kappa shape index (κ1) is 21.0. The van der Waals surface area contributed by atoms with E-state index in [-0.39, 0.29) is 5.41 Å². The van der Waals surface area contributed by atoms with Gasteiger partial charge in [-0.05, 0) is 53.9 Å². The Bertz CT molecular complexity index is 1030. The molecule has 1 saturated carbocycles. The number of hydrogen-bond donors (Lipinski definition) is 2. The highest BCUT2D eigenvalue weighted by atomic mass is 32.1. The van der Waals surface area contributed by atoms with Gasteiger partial charge in [-0.25, -0.2) is 4.98 Å². The average molecular weight is 443 g/mol. The van der Waals surface area contributed by atoms with Crippen LogP contribution in [0.4, 0.5) is 11.5 Å². The van der Waals surface area contributed by atoms with Crippen LogP contribution < -0.4 is 15.5 Å². The van der Waals surface area contributed by atoms with Crippen LogP contribution in [0.3, 0.4) is 0 Å². The quantitative estimate of drug-likeness (QED) is 0.490. The largest absolute Gasteiger partial charge is 0.362 e. The Morgan fingerprint density at radius 2 is 1.56 bits per heavy atom. The molecule has 0 spiro atoms. The van der Waals surface area contributed by atoms with E-state index < -0.39 is 0 Å². The molecule has 1 fully saturated rings. The van der Waals surface area contributed by atoms with E-state index in [1.807, 2.05) is 6.20 Å². The summed E-state index contributed by atoms with van der Waals surface area (Å²) in [6, 6.07) is 23.7. The van der Waals surface area contributed by atoms with Crippen LogP contribution >= 0.6 is 12.2 Å². The fraction of sp³-hybridized carbons (Fsp3) is 0.333. The lowest BCUT2D eigenvalue weighted by Crippen LogP contribution is -2.43. The maximum absolute atomic E-state index is 5.63. The number of nitrogens with zero attached hydrogens (tertiary/aromatic N) is 2. The third-order valence-corrected chi connectivity index (χ3v) is 7.20. The van der Waals surface area contributed by atoms with Gasteiger partial charge in [-0.15, -0.1) is 0 Å². The standard InChI is InChI=1S/C27H30N4S/c32-26(29-20-27(15-7-2-8-16-27)23-11-3-1-4-12-23)30-24-13-14-25(28-17-24)31-18-21-9-5-6-10-22(21)19-31/h1,3-6,9-14,17H,2,7-8,15-16,18-20H2,(H2,29,30,32). The Morgan fingerprint density at radius 3 is 2.22 bits per heavy atom. The Balaban J connectivity index is 1.19. The average Bonchev–Trinajstić information content (AvgIpc) is 3.29. The molecule has 2 N–H and O–H groups in total. The molecule has 0 bridgehead atoms. The van der Waals surface area contributed by atoms with Gasteiger partial charge in [0.15, 0.2) is 5.11 Å². The van der Waals surface area contributed by atoms with Gasteiger partial charge >= 0.3 is 0 Å². The molecule has 2 heterocycles. The summed E-state index contributed by atoms with van der Waals surface area (Å²) in [5, 5.41) is 7.49. The van der Waals surface area contributed by atoms with Crippen LogP contribution in [-0.4, -0.2) is 16.6 Å². The predicted molar refractivity (Wildman–Crippen MR) is 136 cm³/mol. The SMILES string of the molecule is S=C(NCC1(c2ccccc2)CCCCC1)Nc1ccc(N2Cc3ccccc3C2)nc1. The van der Waals surface area contributed by atoms with E-state index in [0.717, 1.165) is 31.1 Å². The molecule has 0 radical (unpaired) electrons. The Labute approximate surface area is 196 Å². The molecule has 1 aliphatic heterocycles. The van der Waals surface area contributed by atoms with Crippen LogP contribution in [0, 0.1) is 0 Å². The molecular weight excluding hydrogens is 412 g/mol. The summed E-state index contributed by atoms with van der Waals surface area (Å²) in [5.74, 6) is 0.996. The van der Waals surface area contributed by atoms with Crippen LogP contribution in [0.2, 0.25) is 0 Å². The second kappa shape index (κ2) is 9.29. The molecule has 3 aromatic rings. The van der Waals surface area contributed by atoms with Crippen molar-refractivity contribution in [3.8, 4) is 0 Å². The van der Waals surface area contributed by atoms with Crippen LogP contribution in [0.25, 0.3) is 0 Å². The minimum absolute atomic E-state index is 0.165. The Kier molecular flexibility index (Phi) is 6.08. The molecule has 164 valence electrons. The molecule has 0 unspecified atom stereocenters. The molecule has 2 aromatic carbocycles. The van der Waals surface area contributed by atoms with E-state index in [0.29, 0.717) is 5.11 Å². The van der Waals surface area contributed by atoms with Crippen molar-refractivity contribution in [2.45, 2.75) is 50.6 Å². The molecular formula is C27H30N4S. The fourth-order valence-electron chi connectivity index (χ4n) is 5.15. The number of benzene rings is 2. The molecule has 5 heteroatoms. The highest BCUT2D eigenvalue weighted by Crippen LogP contribution is 2.39. The zero-order chi connectivity index (χ0) is 21.8. The van der Waals surface area contributed by atoms with Crippen molar-refractivity contribution in [3.05, 3.63) is 89.6 Å². The highest BCUT2D eigenvalue weighted by Gasteiger charge is 2.33. The topological polar surface area (TPSA) is 40.2 Å². The van der Waals surface area contributed by atoms with Gasteiger partial charge in [-0.2, -0.15) is 0 Å². The first-order valence-corrected chi connectivity index (χ1v) is 12.0. The second-order valence-corrected chi connectivity index (χ2v) is 9.45. The lowest BCUT2D eigenvalue weighted by molar-refractivity contribution is 0.292. The first-order chi connectivity index (χ1) is 15.7. The highest BCUT2D eigenvalue weighted by molar-refractivity contribution is 7.80. The summed E-state index contributed by atoms with van der Waals surface area (Å²) < 4.78 is 0. The summed E-state index contributed by atoms with van der Waals surface area (Å²) in [4.78, 5) is 6.99. The van der Waals surface area contributed by atoms with Gasteiger partial charge in [0.05, 0.1) is 11.9 Å². The van der Waals surface area contributed by atoms with Crippen molar-refractivity contribution < 1.29 is 0 Å². The predicted octanol–water partition coefficient (Wildman–Crippen LogP) is 5.79. The number of hydrogen-bond acceptors (Lipinski definition) is 3. The van der Waals surface area contributed by atoms with E-state index >= 15 is 0 Å². The van der Waals surface area contributed by atoms with E-state index in [9.17, 15) is 0 Å². The minimum Gasteiger partial charge on any atom is -0.362 e. The number of pyridine rings is 1. The monoisotopic (exact) mass is 442 g/mol. The van der Waals surface area contributed by atoms with E-state index in [2.05, 4.69) is 87.2 Å². The van der Waals surface area contributed by atoms with Crippen molar-refractivity contribution in [1.82, 2.24) is 10.3 Å². The molecule has 1 aromatic heterocycles. The molecule has 0 atom stereocenters. The zero-order valence-corrected chi connectivity index (χ0v) is 19.2. The van der Waals surface area contributed by atoms with Crippen molar-refractivity contribution in [3.63, 3.8) is 0 Å². The van der Waals surface area contributed by atoms with Gasteiger partial charge in [0, 0.05) is 25.0 Å². The number of anilines is 2. The number of thiocarbonyl (C=S) groups is 1. The Hall–Kier alpha value is -2.92. The van der Waals surface area contributed by atoms with Crippen LogP contribution in [0.15, 0.2) is 72.9 Å². The van der Waals surface area contributed by atoms with E-state index in [4.69, 9.17) is 12.2 Å². The summed E-state index contributed by atoms with van der Waals surface area (Å²) in [7, 11) is 0. The van der Waals surface area contributed by atoms with Gasteiger partial charge in [-0.3, -0.25) is 0 Å². The number of aromatic nitrogens is 1. The summed E-state index contributed by atoms with van der Waals surface area (Å²) in [6.45, 7) is 2.69. The van der Waals surface area contributed by atoms with Gasteiger partial charge in [0.2, 0.25) is 0 Å². The number of nitrogens with one attached hydrogen (secondary N) is 2. The van der Waals surface area contributed by atoms with Gasteiger partial charge in [0.1, 0.15) is 5.82 Å². The Morgan fingerprint density at radius 1 is 0.875 bits per heavy atom. The third-order valence-electron chi connectivity index (χ3n) is 6.95. The fourth-order valence-corrected chi connectivity index (χ4v) is 5.34. The molecule has 0 amide bonds. The lowest BCUT2D eigenvalue weighted by atomic mass is 9.69. The second-order valence-electron chi connectivity index (χ2n) is 9.04. The maximum Gasteiger partial charge on any atom is 0.170 e. The zero-order valence-electron chi connectivity index (χ0n) is 18.4. The molecule has 1 aliphatic carbocycles. The minimum atomic E-state index is 0.165. The summed E-state index contributed by atoms with van der Waals surface area (Å²) in [5.41, 5.74) is 5.28. The first-order valence-electron chi connectivity index (χ1n) is 11.6. The molecule has 2 aliphatic rings. The molecule has 4 nitrogen and oxygen atoms in total. The van der Waals surface area contributed by atoms with Crippen LogP contribution in [0.5, 0.6) is 0 Å².